The summed E-state index contributed by atoms with van der Waals surface area (Å²) in [4.78, 5) is 14.3. The topological polar surface area (TPSA) is 78.9 Å². The molecule has 3 unspecified atom stereocenters. The van der Waals surface area contributed by atoms with E-state index >= 15 is 0 Å². The van der Waals surface area contributed by atoms with E-state index in [0.29, 0.717) is 25.4 Å². The molecule has 0 radical (unpaired) electrons. The zero-order valence-electron chi connectivity index (χ0n) is 11.0. The summed E-state index contributed by atoms with van der Waals surface area (Å²) >= 11 is 0. The molecule has 3 atom stereocenters. The van der Waals surface area contributed by atoms with E-state index in [9.17, 15) is 4.79 Å². The van der Waals surface area contributed by atoms with Crippen LogP contribution in [0.25, 0.3) is 0 Å². The molecule has 0 saturated heterocycles. The molecule has 18 heavy (non-hydrogen) atoms. The maximum atomic E-state index is 12.5. The first kappa shape index (κ1) is 13.2. The minimum Gasteiger partial charge on any atom is -0.409 e. The number of nitrogens with two attached hydrogens (primary N) is 1. The van der Waals surface area contributed by atoms with Crippen molar-refractivity contribution in [2.75, 3.05) is 13.1 Å². The average Bonchev–Trinajstić information content (AvgIpc) is 3.01. The predicted molar refractivity (Wildman–Crippen MR) is 69.2 cm³/mol. The second-order valence-corrected chi connectivity index (χ2v) is 5.54. The van der Waals surface area contributed by atoms with E-state index < -0.39 is 0 Å². The fraction of sp³-hybridized carbons (Fsp3) is 0.846. The SMILES string of the molecule is CCN(CCC(N)=NO)C(=O)C1CC2CCC1C2. The van der Waals surface area contributed by atoms with Crippen LogP contribution in [0.2, 0.25) is 0 Å². The van der Waals surface area contributed by atoms with Crippen LogP contribution in [-0.4, -0.2) is 34.9 Å². The van der Waals surface area contributed by atoms with Crippen molar-refractivity contribution >= 4 is 11.7 Å². The first-order chi connectivity index (χ1) is 8.65. The van der Waals surface area contributed by atoms with Gasteiger partial charge < -0.3 is 15.8 Å². The van der Waals surface area contributed by atoms with Crippen molar-refractivity contribution < 1.29 is 10.0 Å². The maximum absolute atomic E-state index is 12.5. The van der Waals surface area contributed by atoms with Crippen molar-refractivity contribution in [2.24, 2.45) is 28.6 Å². The van der Waals surface area contributed by atoms with Crippen LogP contribution in [0.4, 0.5) is 0 Å². The summed E-state index contributed by atoms with van der Waals surface area (Å²) in [6.45, 7) is 3.24. The lowest BCUT2D eigenvalue weighted by Crippen LogP contribution is -2.39. The van der Waals surface area contributed by atoms with Crippen LogP contribution < -0.4 is 5.73 Å². The monoisotopic (exact) mass is 253 g/mol. The Labute approximate surface area is 108 Å². The summed E-state index contributed by atoms with van der Waals surface area (Å²) in [6, 6.07) is 0. The van der Waals surface area contributed by atoms with Gasteiger partial charge in [0.25, 0.3) is 0 Å². The van der Waals surface area contributed by atoms with Crippen LogP contribution in [0.3, 0.4) is 0 Å². The Morgan fingerprint density at radius 3 is 2.72 bits per heavy atom. The number of carbonyl (C=O) groups is 1. The van der Waals surface area contributed by atoms with E-state index in [1.54, 1.807) is 0 Å². The van der Waals surface area contributed by atoms with Crippen molar-refractivity contribution in [3.63, 3.8) is 0 Å². The van der Waals surface area contributed by atoms with E-state index in [2.05, 4.69) is 5.16 Å². The zero-order valence-corrected chi connectivity index (χ0v) is 11.0. The Bertz CT molecular complexity index is 343. The van der Waals surface area contributed by atoms with Gasteiger partial charge in [-0.2, -0.15) is 0 Å². The fourth-order valence-corrected chi connectivity index (χ4v) is 3.51. The highest BCUT2D eigenvalue weighted by Gasteiger charge is 2.44. The summed E-state index contributed by atoms with van der Waals surface area (Å²) in [5.74, 6) is 2.09. The van der Waals surface area contributed by atoms with E-state index in [0.717, 1.165) is 12.3 Å². The van der Waals surface area contributed by atoms with Crippen LogP contribution in [-0.2, 0) is 4.79 Å². The largest absolute Gasteiger partial charge is 0.409 e. The molecule has 1 amide bonds. The summed E-state index contributed by atoms with van der Waals surface area (Å²) in [6.07, 6.45) is 5.29. The fourth-order valence-electron chi connectivity index (χ4n) is 3.51. The number of carbonyl (C=O) groups excluding carboxylic acids is 1. The highest BCUT2D eigenvalue weighted by atomic mass is 16.4. The van der Waals surface area contributed by atoms with Gasteiger partial charge in [-0.3, -0.25) is 4.79 Å². The lowest BCUT2D eigenvalue weighted by molar-refractivity contribution is -0.136. The molecular formula is C13H23N3O2. The second kappa shape index (κ2) is 5.59. The van der Waals surface area contributed by atoms with Crippen LogP contribution >= 0.6 is 0 Å². The summed E-state index contributed by atoms with van der Waals surface area (Å²) in [7, 11) is 0. The van der Waals surface area contributed by atoms with Gasteiger partial charge in [-0.1, -0.05) is 11.6 Å². The van der Waals surface area contributed by atoms with Crippen molar-refractivity contribution in [3.05, 3.63) is 0 Å². The molecule has 102 valence electrons. The highest BCUT2D eigenvalue weighted by molar-refractivity contribution is 5.82. The molecule has 0 aromatic heterocycles. The van der Waals surface area contributed by atoms with E-state index in [4.69, 9.17) is 10.9 Å². The number of amides is 1. The predicted octanol–water partition coefficient (Wildman–Crippen LogP) is 1.41. The molecule has 0 aromatic rings. The Morgan fingerprint density at radius 2 is 2.22 bits per heavy atom. The quantitative estimate of drug-likeness (QED) is 0.336. The Balaban J connectivity index is 1.89. The van der Waals surface area contributed by atoms with Gasteiger partial charge in [-0.05, 0) is 38.0 Å². The second-order valence-electron chi connectivity index (χ2n) is 5.54. The van der Waals surface area contributed by atoms with Crippen LogP contribution in [0, 0.1) is 17.8 Å². The number of hydrogen-bond acceptors (Lipinski definition) is 3. The third-order valence-corrected chi connectivity index (χ3v) is 4.51. The molecule has 5 heteroatoms. The summed E-state index contributed by atoms with van der Waals surface area (Å²) in [5, 5.41) is 11.5. The van der Waals surface area contributed by atoms with Gasteiger partial charge in [0.05, 0.1) is 0 Å². The number of fused-ring (bicyclic) bond motifs is 2. The Hall–Kier alpha value is -1.26. The highest BCUT2D eigenvalue weighted by Crippen LogP contribution is 2.48. The first-order valence-electron chi connectivity index (χ1n) is 6.90. The van der Waals surface area contributed by atoms with Gasteiger partial charge in [0.15, 0.2) is 0 Å². The third kappa shape index (κ3) is 2.60. The van der Waals surface area contributed by atoms with Crippen LogP contribution in [0.1, 0.15) is 39.0 Å². The normalized spacial score (nSPS) is 30.7. The molecule has 0 heterocycles. The van der Waals surface area contributed by atoms with Crippen molar-refractivity contribution in [1.29, 1.82) is 0 Å². The van der Waals surface area contributed by atoms with E-state index in [1.807, 2.05) is 11.8 Å². The van der Waals surface area contributed by atoms with Crippen LogP contribution in [0.5, 0.6) is 0 Å². The number of nitrogens with zero attached hydrogens (tertiary/aromatic N) is 2. The molecular weight excluding hydrogens is 230 g/mol. The minimum absolute atomic E-state index is 0.189. The first-order valence-corrected chi connectivity index (χ1v) is 6.90. The molecule has 2 saturated carbocycles. The lowest BCUT2D eigenvalue weighted by Gasteiger charge is -2.28. The molecule has 0 aliphatic heterocycles. The standard InChI is InChI=1S/C13H23N3O2/c1-2-16(6-5-12(14)15-18)13(17)11-8-9-3-4-10(11)7-9/h9-11,18H,2-8H2,1H3,(H2,14,15). The van der Waals surface area contributed by atoms with Gasteiger partial charge >= 0.3 is 0 Å². The smallest absolute Gasteiger partial charge is 0.225 e. The Morgan fingerprint density at radius 1 is 1.44 bits per heavy atom. The maximum Gasteiger partial charge on any atom is 0.225 e. The van der Waals surface area contributed by atoms with Gasteiger partial charge in [0, 0.05) is 25.4 Å². The van der Waals surface area contributed by atoms with Crippen molar-refractivity contribution in [3.8, 4) is 0 Å². The lowest BCUT2D eigenvalue weighted by atomic mass is 9.87. The van der Waals surface area contributed by atoms with Crippen molar-refractivity contribution in [2.45, 2.75) is 39.0 Å². The molecule has 2 aliphatic carbocycles. The molecule has 0 aromatic carbocycles. The zero-order chi connectivity index (χ0) is 13.1. The van der Waals surface area contributed by atoms with E-state index in [1.165, 1.54) is 19.3 Å². The summed E-state index contributed by atoms with van der Waals surface area (Å²) in [5.41, 5.74) is 5.45. The molecule has 2 bridgehead atoms. The Kier molecular flexibility index (Phi) is 4.09. The summed E-state index contributed by atoms with van der Waals surface area (Å²) < 4.78 is 0. The molecule has 5 nitrogen and oxygen atoms in total. The van der Waals surface area contributed by atoms with Crippen molar-refractivity contribution in [1.82, 2.24) is 4.90 Å². The van der Waals surface area contributed by atoms with Gasteiger partial charge in [-0.15, -0.1) is 0 Å². The third-order valence-electron chi connectivity index (χ3n) is 4.51. The molecule has 2 rings (SSSR count). The van der Waals surface area contributed by atoms with Crippen LogP contribution in [0.15, 0.2) is 5.16 Å². The van der Waals surface area contributed by atoms with Gasteiger partial charge in [0.1, 0.15) is 5.84 Å². The minimum atomic E-state index is 0.189. The molecule has 2 fully saturated rings. The number of amidine groups is 1. The number of rotatable bonds is 5. The van der Waals surface area contributed by atoms with Gasteiger partial charge in [0.2, 0.25) is 5.91 Å². The van der Waals surface area contributed by atoms with E-state index in [-0.39, 0.29) is 17.7 Å². The number of oxime groups is 1. The molecule has 2 aliphatic rings. The number of hydrogen-bond donors (Lipinski definition) is 2. The average molecular weight is 253 g/mol. The molecule has 0 spiro atoms. The van der Waals surface area contributed by atoms with Gasteiger partial charge in [-0.25, -0.2) is 0 Å². The molecule has 3 N–H and O–H groups in total.